The molecule has 0 unspecified atom stereocenters. The molecule has 0 N–H and O–H groups in total. The summed E-state index contributed by atoms with van der Waals surface area (Å²) in [4.78, 5) is 0. The summed E-state index contributed by atoms with van der Waals surface area (Å²) in [6.07, 6.45) is 0. The Labute approximate surface area is 101 Å². The second kappa shape index (κ2) is 9.02. The van der Waals surface area contributed by atoms with E-state index in [4.69, 9.17) is 14.0 Å². The molecule has 0 fully saturated rings. The molecule has 0 heterocycles. The number of hydrogen-bond acceptors (Lipinski definition) is 3. The fraction of sp³-hybridized carbons (Fsp3) is 1.00. The van der Waals surface area contributed by atoms with Gasteiger partial charge in [0.05, 0.1) is 0 Å². The quantitative estimate of drug-likeness (QED) is 0.570. The van der Waals surface area contributed by atoms with Crippen molar-refractivity contribution in [3.05, 3.63) is 0 Å². The van der Waals surface area contributed by atoms with Gasteiger partial charge in [-0.15, -0.1) is 0 Å². The molecule has 3 nitrogen and oxygen atoms in total. The van der Waals surface area contributed by atoms with Gasteiger partial charge in [0.1, 0.15) is 0 Å². The molecule has 0 saturated carbocycles. The molecule has 0 amide bonds. The van der Waals surface area contributed by atoms with Crippen LogP contribution in [0.5, 0.6) is 0 Å². The van der Waals surface area contributed by atoms with Gasteiger partial charge in [-0.2, -0.15) is 0 Å². The normalized spacial score (nSPS) is 12.4. The molecule has 0 spiro atoms. The average Bonchev–Trinajstić information content (AvgIpc) is 2.15. The van der Waals surface area contributed by atoms with E-state index in [0.717, 1.165) is 0 Å². The Kier molecular flexibility index (Phi) is 8.99. The first-order valence-electron chi connectivity index (χ1n) is 6.26. The summed E-state index contributed by atoms with van der Waals surface area (Å²) < 4.78 is 16.7. The molecule has 0 aromatic carbocycles. The standard InChI is InChI=1S/C12H27BO3/c1-10(2)7-14-13(15-8-11(3)4)16-9-12(5)6/h10-12H,7-9H2,1-6H3/q-1. The van der Waals surface area contributed by atoms with Crippen LogP contribution < -0.4 is 0 Å². The third-order valence-corrected chi connectivity index (χ3v) is 1.70. The van der Waals surface area contributed by atoms with E-state index in [9.17, 15) is 0 Å². The van der Waals surface area contributed by atoms with Crippen molar-refractivity contribution in [2.24, 2.45) is 17.8 Å². The minimum absolute atomic E-state index is 0.493. The van der Waals surface area contributed by atoms with Crippen molar-refractivity contribution in [2.45, 2.75) is 41.5 Å². The summed E-state index contributed by atoms with van der Waals surface area (Å²) in [6, 6.07) is 0. The molecule has 0 bridgehead atoms. The van der Waals surface area contributed by atoms with Gasteiger partial charge in [0.25, 0.3) is 0 Å². The predicted octanol–water partition coefficient (Wildman–Crippen LogP) is 2.99. The molecular formula is C12H27BO3-. The predicted molar refractivity (Wildman–Crippen MR) is 68.1 cm³/mol. The van der Waals surface area contributed by atoms with Crippen LogP contribution in [0.3, 0.4) is 0 Å². The largest absolute Gasteiger partial charge is 0.566 e. The van der Waals surface area contributed by atoms with Gasteiger partial charge in [0, 0.05) is 19.8 Å². The first kappa shape index (κ1) is 15.9. The van der Waals surface area contributed by atoms with Crippen molar-refractivity contribution >= 4 is 7.32 Å². The smallest absolute Gasteiger partial charge is 0.304 e. The van der Waals surface area contributed by atoms with Crippen molar-refractivity contribution in [1.82, 2.24) is 0 Å². The van der Waals surface area contributed by atoms with Crippen molar-refractivity contribution in [3.8, 4) is 0 Å². The van der Waals surface area contributed by atoms with Crippen LogP contribution in [0.15, 0.2) is 0 Å². The summed E-state index contributed by atoms with van der Waals surface area (Å²) in [5, 5.41) is 0. The van der Waals surface area contributed by atoms with Crippen molar-refractivity contribution < 1.29 is 14.0 Å². The highest BCUT2D eigenvalue weighted by Crippen LogP contribution is 2.03. The second-order valence-electron chi connectivity index (χ2n) is 5.47. The number of hydrogen-bond donors (Lipinski definition) is 0. The lowest BCUT2D eigenvalue weighted by molar-refractivity contribution is 0.0680. The molecule has 0 aliphatic carbocycles. The van der Waals surface area contributed by atoms with Crippen LogP contribution in [0.1, 0.15) is 41.5 Å². The van der Waals surface area contributed by atoms with Crippen LogP contribution in [0, 0.1) is 17.8 Å². The SMILES string of the molecule is CC(C)CO[B-](OCC(C)C)OCC(C)C. The molecule has 0 aromatic heterocycles. The summed E-state index contributed by atoms with van der Waals surface area (Å²) in [6.45, 7) is 14.7. The van der Waals surface area contributed by atoms with Gasteiger partial charge in [-0.25, -0.2) is 0 Å². The second-order valence-corrected chi connectivity index (χ2v) is 5.47. The highest BCUT2D eigenvalue weighted by atomic mass is 16.7. The minimum atomic E-state index is -0.507. The Bertz CT molecular complexity index is 132. The molecule has 0 saturated heterocycles. The Morgan fingerprint density at radius 3 is 1.06 bits per heavy atom. The molecular weight excluding hydrogens is 203 g/mol. The molecule has 0 rings (SSSR count). The lowest BCUT2D eigenvalue weighted by atomic mass is 10.1. The number of rotatable bonds is 9. The Morgan fingerprint density at radius 1 is 0.625 bits per heavy atom. The van der Waals surface area contributed by atoms with Gasteiger partial charge >= 0.3 is 7.32 Å². The third-order valence-electron chi connectivity index (χ3n) is 1.70. The van der Waals surface area contributed by atoms with Crippen molar-refractivity contribution in [1.29, 1.82) is 0 Å². The van der Waals surface area contributed by atoms with Crippen LogP contribution >= 0.6 is 0 Å². The van der Waals surface area contributed by atoms with Crippen molar-refractivity contribution in [3.63, 3.8) is 0 Å². The van der Waals surface area contributed by atoms with E-state index in [2.05, 4.69) is 41.5 Å². The molecule has 0 aliphatic heterocycles. The minimum Gasteiger partial charge on any atom is -0.566 e. The van der Waals surface area contributed by atoms with Crippen molar-refractivity contribution in [2.75, 3.05) is 19.8 Å². The Hall–Kier alpha value is -0.0551. The van der Waals surface area contributed by atoms with Crippen LogP contribution in [0.2, 0.25) is 0 Å². The summed E-state index contributed by atoms with van der Waals surface area (Å²) in [7, 11) is -0.507. The van der Waals surface area contributed by atoms with Gasteiger partial charge in [-0.1, -0.05) is 41.5 Å². The van der Waals surface area contributed by atoms with Crippen LogP contribution in [-0.2, 0) is 14.0 Å². The monoisotopic (exact) mass is 230 g/mol. The highest BCUT2D eigenvalue weighted by molar-refractivity contribution is 6.36. The lowest BCUT2D eigenvalue weighted by Crippen LogP contribution is -2.31. The lowest BCUT2D eigenvalue weighted by Gasteiger charge is -2.32. The molecule has 0 aromatic rings. The maximum absolute atomic E-state index is 5.56. The maximum Gasteiger partial charge on any atom is 0.304 e. The summed E-state index contributed by atoms with van der Waals surface area (Å²) in [5.41, 5.74) is 0. The van der Waals surface area contributed by atoms with E-state index in [0.29, 0.717) is 37.6 Å². The fourth-order valence-corrected chi connectivity index (χ4v) is 0.957. The molecule has 16 heavy (non-hydrogen) atoms. The van der Waals surface area contributed by atoms with Crippen LogP contribution in [-0.4, -0.2) is 27.1 Å². The van der Waals surface area contributed by atoms with Gasteiger partial charge < -0.3 is 14.0 Å². The highest BCUT2D eigenvalue weighted by Gasteiger charge is 2.05. The van der Waals surface area contributed by atoms with E-state index in [1.54, 1.807) is 0 Å². The molecule has 4 heteroatoms. The molecule has 97 valence electrons. The average molecular weight is 230 g/mol. The van der Waals surface area contributed by atoms with Crippen LogP contribution in [0.4, 0.5) is 0 Å². The van der Waals surface area contributed by atoms with E-state index >= 15 is 0 Å². The molecule has 0 aliphatic rings. The Balaban J connectivity index is 3.85. The van der Waals surface area contributed by atoms with Gasteiger partial charge in [0.2, 0.25) is 0 Å². The molecule has 1 radical (unpaired) electrons. The topological polar surface area (TPSA) is 27.7 Å². The first-order chi connectivity index (χ1) is 7.41. The van der Waals surface area contributed by atoms with E-state index in [-0.39, 0.29) is 0 Å². The zero-order valence-corrected chi connectivity index (χ0v) is 11.7. The zero-order chi connectivity index (χ0) is 12.6. The first-order valence-corrected chi connectivity index (χ1v) is 6.26. The Morgan fingerprint density at radius 2 is 0.875 bits per heavy atom. The summed E-state index contributed by atoms with van der Waals surface area (Å²) in [5.74, 6) is 1.48. The van der Waals surface area contributed by atoms with Gasteiger partial charge in [-0.3, -0.25) is 0 Å². The third kappa shape index (κ3) is 10.5. The van der Waals surface area contributed by atoms with Gasteiger partial charge in [-0.05, 0) is 17.8 Å². The van der Waals surface area contributed by atoms with Gasteiger partial charge in [0.15, 0.2) is 0 Å². The maximum atomic E-state index is 5.56. The van der Waals surface area contributed by atoms with E-state index in [1.165, 1.54) is 0 Å². The fourth-order valence-electron chi connectivity index (χ4n) is 0.957. The molecule has 0 atom stereocenters. The van der Waals surface area contributed by atoms with E-state index < -0.39 is 7.32 Å². The summed E-state index contributed by atoms with van der Waals surface area (Å²) >= 11 is 0. The van der Waals surface area contributed by atoms with E-state index in [1.807, 2.05) is 0 Å². The zero-order valence-electron chi connectivity index (χ0n) is 11.7. The van der Waals surface area contributed by atoms with Crippen LogP contribution in [0.25, 0.3) is 0 Å².